The molecule has 0 aliphatic rings. The number of halogens is 1. The van der Waals surface area contributed by atoms with E-state index in [1.165, 1.54) is 0 Å². The van der Waals surface area contributed by atoms with Gasteiger partial charge in [0.15, 0.2) is 0 Å². The zero-order valence-electron chi connectivity index (χ0n) is 12.1. The average Bonchev–Trinajstić information content (AvgIpc) is 2.45. The molecule has 0 saturated carbocycles. The van der Waals surface area contributed by atoms with Gasteiger partial charge >= 0.3 is 0 Å². The minimum atomic E-state index is 0.0243. The first-order valence-electron chi connectivity index (χ1n) is 6.88. The lowest BCUT2D eigenvalue weighted by Crippen LogP contribution is -2.35. The van der Waals surface area contributed by atoms with Gasteiger partial charge in [-0.2, -0.15) is 0 Å². The van der Waals surface area contributed by atoms with Gasteiger partial charge in [-0.3, -0.25) is 4.79 Å². The fourth-order valence-electron chi connectivity index (χ4n) is 1.87. The van der Waals surface area contributed by atoms with E-state index in [1.54, 1.807) is 4.90 Å². The van der Waals surface area contributed by atoms with Crippen molar-refractivity contribution in [1.29, 1.82) is 0 Å². The summed E-state index contributed by atoms with van der Waals surface area (Å²) in [6.07, 6.45) is 1.73. The van der Waals surface area contributed by atoms with E-state index < -0.39 is 0 Å². The lowest BCUT2D eigenvalue weighted by atomic mass is 10.0. The third-order valence-corrected chi connectivity index (χ3v) is 3.68. The van der Waals surface area contributed by atoms with E-state index in [0.29, 0.717) is 19.7 Å². The summed E-state index contributed by atoms with van der Waals surface area (Å²) >= 11 is 3.38. The second-order valence-electron chi connectivity index (χ2n) is 4.89. The number of amides is 1. The number of nitrogens with two attached hydrogens (primary N) is 1. The molecule has 0 fully saturated rings. The van der Waals surface area contributed by atoms with Crippen LogP contribution in [-0.2, 0) is 4.79 Å². The van der Waals surface area contributed by atoms with Crippen molar-refractivity contribution in [2.75, 3.05) is 26.7 Å². The maximum Gasteiger partial charge on any atom is 0.225 e. The van der Waals surface area contributed by atoms with Crippen LogP contribution in [0.2, 0.25) is 0 Å². The number of carbonyl (C=O) groups is 1. The van der Waals surface area contributed by atoms with Gasteiger partial charge in [-0.05, 0) is 43.7 Å². The molecule has 5 heteroatoms. The van der Waals surface area contributed by atoms with E-state index >= 15 is 0 Å². The lowest BCUT2D eigenvalue weighted by molar-refractivity contribution is -0.134. The van der Waals surface area contributed by atoms with Crippen LogP contribution in [-0.4, -0.2) is 37.6 Å². The molecule has 1 amide bonds. The molecule has 1 aromatic carbocycles. The minimum Gasteiger partial charge on any atom is -0.492 e. The van der Waals surface area contributed by atoms with E-state index in [9.17, 15) is 4.79 Å². The number of nitrogens with zero attached hydrogens (tertiary/aromatic N) is 1. The first kappa shape index (κ1) is 17.0. The summed E-state index contributed by atoms with van der Waals surface area (Å²) in [5.41, 5.74) is 5.46. The number of likely N-dealkylation sites (N-methyl/N-ethyl adjacent to an activating group) is 1. The molecule has 1 atom stereocenters. The molecule has 0 spiro atoms. The van der Waals surface area contributed by atoms with Crippen LogP contribution in [0, 0.1) is 5.92 Å². The van der Waals surface area contributed by atoms with Crippen LogP contribution in [0.1, 0.15) is 19.8 Å². The Bertz CT molecular complexity index is 409. The van der Waals surface area contributed by atoms with Gasteiger partial charge in [0.25, 0.3) is 0 Å². The van der Waals surface area contributed by atoms with Crippen LogP contribution in [0.5, 0.6) is 5.75 Å². The molecule has 0 heterocycles. The van der Waals surface area contributed by atoms with Gasteiger partial charge in [0.2, 0.25) is 5.91 Å². The highest BCUT2D eigenvalue weighted by atomic mass is 79.9. The Kier molecular flexibility index (Phi) is 7.62. The van der Waals surface area contributed by atoms with Crippen molar-refractivity contribution in [3.63, 3.8) is 0 Å². The highest BCUT2D eigenvalue weighted by Gasteiger charge is 2.16. The van der Waals surface area contributed by atoms with Crippen molar-refractivity contribution in [1.82, 2.24) is 4.90 Å². The number of rotatable bonds is 8. The van der Waals surface area contributed by atoms with Gasteiger partial charge in [0.1, 0.15) is 12.4 Å². The fraction of sp³-hybridized carbons (Fsp3) is 0.533. The molecule has 2 N–H and O–H groups in total. The van der Waals surface area contributed by atoms with Crippen molar-refractivity contribution in [2.24, 2.45) is 11.7 Å². The number of carbonyl (C=O) groups excluding carboxylic acids is 1. The van der Waals surface area contributed by atoms with Gasteiger partial charge in [-0.25, -0.2) is 0 Å². The second kappa shape index (κ2) is 8.97. The van der Waals surface area contributed by atoms with Crippen LogP contribution in [0.25, 0.3) is 0 Å². The third-order valence-electron chi connectivity index (χ3n) is 3.15. The molecule has 20 heavy (non-hydrogen) atoms. The fourth-order valence-corrected chi connectivity index (χ4v) is 2.13. The van der Waals surface area contributed by atoms with Crippen molar-refractivity contribution in [3.05, 3.63) is 28.7 Å². The monoisotopic (exact) mass is 342 g/mol. The van der Waals surface area contributed by atoms with Crippen molar-refractivity contribution < 1.29 is 9.53 Å². The van der Waals surface area contributed by atoms with Gasteiger partial charge in [0, 0.05) is 17.4 Å². The molecule has 112 valence electrons. The Hall–Kier alpha value is -1.07. The van der Waals surface area contributed by atoms with E-state index in [0.717, 1.165) is 23.1 Å². The molecule has 0 aromatic heterocycles. The van der Waals surface area contributed by atoms with E-state index in [4.69, 9.17) is 10.5 Å². The zero-order valence-corrected chi connectivity index (χ0v) is 13.7. The summed E-state index contributed by atoms with van der Waals surface area (Å²) in [6.45, 7) is 3.66. The molecule has 0 radical (unpaired) electrons. The molecule has 1 aromatic rings. The van der Waals surface area contributed by atoms with Crippen molar-refractivity contribution >= 4 is 21.8 Å². The number of hydrogen-bond donors (Lipinski definition) is 1. The van der Waals surface area contributed by atoms with Gasteiger partial charge in [-0.15, -0.1) is 0 Å². The Morgan fingerprint density at radius 1 is 1.40 bits per heavy atom. The Morgan fingerprint density at radius 3 is 2.65 bits per heavy atom. The highest BCUT2D eigenvalue weighted by molar-refractivity contribution is 9.10. The van der Waals surface area contributed by atoms with Crippen LogP contribution in [0.3, 0.4) is 0 Å². The first-order chi connectivity index (χ1) is 9.54. The maximum atomic E-state index is 12.1. The summed E-state index contributed by atoms with van der Waals surface area (Å²) < 4.78 is 6.63. The molecule has 0 bridgehead atoms. The summed E-state index contributed by atoms with van der Waals surface area (Å²) in [4.78, 5) is 13.8. The molecule has 4 nitrogen and oxygen atoms in total. The van der Waals surface area contributed by atoms with Crippen LogP contribution in [0.15, 0.2) is 28.7 Å². The van der Waals surface area contributed by atoms with E-state index in [1.807, 2.05) is 38.2 Å². The lowest BCUT2D eigenvalue weighted by Gasteiger charge is -2.21. The van der Waals surface area contributed by atoms with Crippen LogP contribution >= 0.6 is 15.9 Å². The van der Waals surface area contributed by atoms with E-state index in [2.05, 4.69) is 15.9 Å². The number of hydrogen-bond acceptors (Lipinski definition) is 3. The van der Waals surface area contributed by atoms with Gasteiger partial charge < -0.3 is 15.4 Å². The second-order valence-corrected chi connectivity index (χ2v) is 5.81. The SMILES string of the molecule is CC(CCCN)C(=O)N(C)CCOc1ccc(Br)cc1. The molecular formula is C15H23BrN2O2. The standard InChI is InChI=1S/C15H23BrN2O2/c1-12(4-3-9-17)15(19)18(2)10-11-20-14-7-5-13(16)6-8-14/h5-8,12H,3-4,9-11,17H2,1-2H3. The molecule has 0 aliphatic heterocycles. The Morgan fingerprint density at radius 2 is 2.05 bits per heavy atom. The first-order valence-corrected chi connectivity index (χ1v) is 7.67. The largest absolute Gasteiger partial charge is 0.492 e. The minimum absolute atomic E-state index is 0.0243. The predicted octanol–water partition coefficient (Wildman–Crippen LogP) is 2.66. The summed E-state index contributed by atoms with van der Waals surface area (Å²) in [6, 6.07) is 7.66. The third kappa shape index (κ3) is 5.92. The van der Waals surface area contributed by atoms with Crippen molar-refractivity contribution in [3.8, 4) is 5.75 Å². The number of benzene rings is 1. The Balaban J connectivity index is 2.30. The maximum absolute atomic E-state index is 12.1. The quantitative estimate of drug-likeness (QED) is 0.790. The summed E-state index contributed by atoms with van der Waals surface area (Å²) in [5, 5.41) is 0. The molecular weight excluding hydrogens is 320 g/mol. The topological polar surface area (TPSA) is 55.6 Å². The molecule has 0 aliphatic carbocycles. The number of ether oxygens (including phenoxy) is 1. The smallest absolute Gasteiger partial charge is 0.225 e. The van der Waals surface area contributed by atoms with E-state index in [-0.39, 0.29) is 11.8 Å². The summed E-state index contributed by atoms with van der Waals surface area (Å²) in [5.74, 6) is 0.985. The normalized spacial score (nSPS) is 12.0. The molecule has 1 unspecified atom stereocenters. The zero-order chi connectivity index (χ0) is 15.0. The van der Waals surface area contributed by atoms with Gasteiger partial charge in [-0.1, -0.05) is 22.9 Å². The molecule has 0 saturated heterocycles. The van der Waals surface area contributed by atoms with Crippen LogP contribution in [0.4, 0.5) is 0 Å². The van der Waals surface area contributed by atoms with Crippen molar-refractivity contribution in [2.45, 2.75) is 19.8 Å². The molecule has 1 rings (SSSR count). The average molecular weight is 343 g/mol. The van der Waals surface area contributed by atoms with Crippen LogP contribution < -0.4 is 10.5 Å². The highest BCUT2D eigenvalue weighted by Crippen LogP contribution is 2.16. The predicted molar refractivity (Wildman–Crippen MR) is 84.7 cm³/mol. The van der Waals surface area contributed by atoms with Gasteiger partial charge in [0.05, 0.1) is 6.54 Å². The summed E-state index contributed by atoms with van der Waals surface area (Å²) in [7, 11) is 1.81. The Labute approximate surface area is 129 Å².